The summed E-state index contributed by atoms with van der Waals surface area (Å²) in [5, 5.41) is 0. The van der Waals surface area contributed by atoms with Gasteiger partial charge >= 0.3 is 5.97 Å². The van der Waals surface area contributed by atoms with Gasteiger partial charge in [0, 0.05) is 5.57 Å². The third-order valence-electron chi connectivity index (χ3n) is 3.60. The Morgan fingerprint density at radius 1 is 1.40 bits per heavy atom. The zero-order chi connectivity index (χ0) is 14.1. The number of carbonyl (C=O) groups is 1. The van der Waals surface area contributed by atoms with E-state index >= 15 is 0 Å². The van der Waals surface area contributed by atoms with E-state index < -0.39 is 0 Å². The number of hydrogen-bond acceptors (Lipinski definition) is 3. The molecule has 1 atom stereocenters. The molecular weight excluding hydrogens is 252 g/mol. The molecule has 2 aliphatic rings. The molecule has 102 valence electrons. The second kappa shape index (κ2) is 5.00. The van der Waals surface area contributed by atoms with Crippen LogP contribution < -0.4 is 4.74 Å². The number of carbonyl (C=O) groups excluding carboxylic acids is 1. The zero-order valence-corrected chi connectivity index (χ0v) is 11.6. The van der Waals surface area contributed by atoms with Crippen LogP contribution in [0.25, 0.3) is 6.08 Å². The Labute approximate surface area is 118 Å². The normalized spacial score (nSPS) is 23.0. The smallest absolute Gasteiger partial charge is 0.339 e. The second-order valence-electron chi connectivity index (χ2n) is 4.93. The number of cyclic esters (lactones) is 1. The van der Waals surface area contributed by atoms with E-state index in [4.69, 9.17) is 9.47 Å². The number of esters is 1. The van der Waals surface area contributed by atoms with Crippen molar-refractivity contribution in [3.8, 4) is 5.75 Å². The van der Waals surface area contributed by atoms with Crippen LogP contribution in [0.5, 0.6) is 5.75 Å². The Bertz CT molecular complexity index is 650. The van der Waals surface area contributed by atoms with Crippen molar-refractivity contribution in [1.29, 1.82) is 0 Å². The van der Waals surface area contributed by atoms with E-state index in [1.165, 1.54) is 0 Å². The second-order valence-corrected chi connectivity index (χ2v) is 4.93. The van der Waals surface area contributed by atoms with Crippen molar-refractivity contribution in [2.45, 2.75) is 19.4 Å². The van der Waals surface area contributed by atoms with E-state index in [0.717, 1.165) is 28.9 Å². The van der Waals surface area contributed by atoms with Gasteiger partial charge in [0.15, 0.2) is 0 Å². The first-order valence-corrected chi connectivity index (χ1v) is 6.65. The molecule has 0 radical (unpaired) electrons. The topological polar surface area (TPSA) is 35.5 Å². The summed E-state index contributed by atoms with van der Waals surface area (Å²) in [5.74, 6) is 0.603. The standard InChI is InChI=1S/C17H16O3/c1-11-16-13(6-4-8-15(16)17(18)20-11)9-12-5-3-7-14(10-12)19-2/h3-5,7-11H,6H2,1-2H3. The molecule has 0 spiro atoms. The minimum atomic E-state index is -0.222. The molecule has 1 aliphatic carbocycles. The lowest BCUT2D eigenvalue weighted by molar-refractivity contribution is -0.138. The predicted molar refractivity (Wildman–Crippen MR) is 77.3 cm³/mol. The van der Waals surface area contributed by atoms with Gasteiger partial charge in [0.2, 0.25) is 0 Å². The summed E-state index contributed by atoms with van der Waals surface area (Å²) in [7, 11) is 1.65. The maximum absolute atomic E-state index is 11.7. The molecule has 1 aliphatic heterocycles. The van der Waals surface area contributed by atoms with Crippen LogP contribution in [0.2, 0.25) is 0 Å². The molecule has 0 saturated carbocycles. The largest absolute Gasteiger partial charge is 0.497 e. The van der Waals surface area contributed by atoms with Crippen LogP contribution in [0.15, 0.2) is 53.1 Å². The predicted octanol–water partition coefficient (Wildman–Crippen LogP) is 3.28. The number of ether oxygens (including phenoxy) is 2. The molecular formula is C17H16O3. The molecule has 3 heteroatoms. The van der Waals surface area contributed by atoms with E-state index in [0.29, 0.717) is 5.57 Å². The highest BCUT2D eigenvalue weighted by atomic mass is 16.5. The van der Waals surface area contributed by atoms with E-state index in [1.807, 2.05) is 43.3 Å². The lowest BCUT2D eigenvalue weighted by Gasteiger charge is -2.14. The monoisotopic (exact) mass is 268 g/mol. The molecule has 1 aromatic rings. The summed E-state index contributed by atoms with van der Waals surface area (Å²) in [5.41, 5.74) is 3.90. The van der Waals surface area contributed by atoms with Crippen LogP contribution in [0.3, 0.4) is 0 Å². The van der Waals surface area contributed by atoms with E-state index in [-0.39, 0.29) is 12.1 Å². The summed E-state index contributed by atoms with van der Waals surface area (Å²) in [6.07, 6.45) is 6.62. The van der Waals surface area contributed by atoms with Gasteiger partial charge in [-0.15, -0.1) is 0 Å². The van der Waals surface area contributed by atoms with E-state index in [1.54, 1.807) is 7.11 Å². The lowest BCUT2D eigenvalue weighted by Crippen LogP contribution is -2.07. The van der Waals surface area contributed by atoms with Crippen LogP contribution in [-0.4, -0.2) is 19.2 Å². The minimum Gasteiger partial charge on any atom is -0.497 e. The Morgan fingerprint density at radius 2 is 2.25 bits per heavy atom. The number of allylic oxidation sites excluding steroid dienone is 1. The van der Waals surface area contributed by atoms with Crippen molar-refractivity contribution in [2.75, 3.05) is 7.11 Å². The molecule has 1 heterocycles. The van der Waals surface area contributed by atoms with Gasteiger partial charge in [0.25, 0.3) is 0 Å². The zero-order valence-electron chi connectivity index (χ0n) is 11.6. The van der Waals surface area contributed by atoms with Gasteiger partial charge in [-0.1, -0.05) is 30.4 Å². The molecule has 0 amide bonds. The Morgan fingerprint density at radius 3 is 3.05 bits per heavy atom. The first kappa shape index (κ1) is 12.7. The highest BCUT2D eigenvalue weighted by Gasteiger charge is 2.32. The highest BCUT2D eigenvalue weighted by Crippen LogP contribution is 2.35. The third kappa shape index (κ3) is 2.16. The molecule has 20 heavy (non-hydrogen) atoms. The molecule has 0 bridgehead atoms. The molecule has 3 rings (SSSR count). The van der Waals surface area contributed by atoms with Crippen LogP contribution in [0.4, 0.5) is 0 Å². The van der Waals surface area contributed by atoms with Crippen molar-refractivity contribution in [2.24, 2.45) is 0 Å². The number of methoxy groups -OCH3 is 1. The van der Waals surface area contributed by atoms with Crippen molar-refractivity contribution in [3.63, 3.8) is 0 Å². The quantitative estimate of drug-likeness (QED) is 0.772. The van der Waals surface area contributed by atoms with Crippen molar-refractivity contribution >= 4 is 12.0 Å². The van der Waals surface area contributed by atoms with E-state index in [2.05, 4.69) is 6.08 Å². The minimum absolute atomic E-state index is 0.167. The fourth-order valence-corrected chi connectivity index (χ4v) is 2.69. The van der Waals surface area contributed by atoms with Gasteiger partial charge in [-0.3, -0.25) is 0 Å². The van der Waals surface area contributed by atoms with Crippen LogP contribution in [-0.2, 0) is 9.53 Å². The molecule has 1 aromatic carbocycles. The van der Waals surface area contributed by atoms with Gasteiger partial charge in [-0.2, -0.15) is 0 Å². The number of rotatable bonds is 2. The Kier molecular flexibility index (Phi) is 3.18. The van der Waals surface area contributed by atoms with Crippen molar-refractivity contribution < 1.29 is 14.3 Å². The maximum Gasteiger partial charge on any atom is 0.339 e. The summed E-state index contributed by atoms with van der Waals surface area (Å²) >= 11 is 0. The fourth-order valence-electron chi connectivity index (χ4n) is 2.69. The van der Waals surface area contributed by atoms with Crippen molar-refractivity contribution in [1.82, 2.24) is 0 Å². The first-order valence-electron chi connectivity index (χ1n) is 6.65. The van der Waals surface area contributed by atoms with Crippen LogP contribution in [0, 0.1) is 0 Å². The molecule has 0 saturated heterocycles. The average molecular weight is 268 g/mol. The molecule has 0 N–H and O–H groups in total. The number of benzene rings is 1. The van der Waals surface area contributed by atoms with Crippen LogP contribution in [0.1, 0.15) is 18.9 Å². The highest BCUT2D eigenvalue weighted by molar-refractivity contribution is 5.97. The molecule has 0 fully saturated rings. The third-order valence-corrected chi connectivity index (χ3v) is 3.60. The van der Waals surface area contributed by atoms with Gasteiger partial charge in [0.1, 0.15) is 11.9 Å². The lowest BCUT2D eigenvalue weighted by atomic mass is 9.89. The van der Waals surface area contributed by atoms with Gasteiger partial charge in [0.05, 0.1) is 12.7 Å². The van der Waals surface area contributed by atoms with Crippen molar-refractivity contribution in [3.05, 3.63) is 58.7 Å². The van der Waals surface area contributed by atoms with Gasteiger partial charge < -0.3 is 9.47 Å². The first-order chi connectivity index (χ1) is 9.69. The molecule has 0 aromatic heterocycles. The van der Waals surface area contributed by atoms with Crippen LogP contribution >= 0.6 is 0 Å². The average Bonchev–Trinajstić information content (AvgIpc) is 2.75. The molecule has 3 nitrogen and oxygen atoms in total. The summed E-state index contributed by atoms with van der Waals surface area (Å²) in [4.78, 5) is 11.7. The fraction of sp³-hybridized carbons (Fsp3) is 0.235. The number of hydrogen-bond donors (Lipinski definition) is 0. The SMILES string of the molecule is COc1cccc(C=C2CC=CC3=C2C(C)OC3=O)c1. The summed E-state index contributed by atoms with van der Waals surface area (Å²) in [6, 6.07) is 7.88. The maximum atomic E-state index is 11.7. The summed E-state index contributed by atoms with van der Waals surface area (Å²) < 4.78 is 10.5. The summed E-state index contributed by atoms with van der Waals surface area (Å²) in [6.45, 7) is 1.92. The van der Waals surface area contributed by atoms with Gasteiger partial charge in [-0.05, 0) is 36.6 Å². The molecule has 1 unspecified atom stereocenters. The van der Waals surface area contributed by atoms with Gasteiger partial charge in [-0.25, -0.2) is 4.79 Å². The Hall–Kier alpha value is -2.29. The van der Waals surface area contributed by atoms with E-state index in [9.17, 15) is 4.79 Å². The Balaban J connectivity index is 2.01.